The topological polar surface area (TPSA) is 29.3 Å². The Morgan fingerprint density at radius 2 is 2.05 bits per heavy atom. The van der Waals surface area contributed by atoms with Crippen LogP contribution in [0.25, 0.3) is 0 Å². The number of aryl methyl sites for hydroxylation is 1. The average molecular weight is 280 g/mol. The number of anilines is 1. The first kappa shape index (κ1) is 16.4. The van der Waals surface area contributed by atoms with Crippen LogP contribution in [0.4, 0.5) is 5.69 Å². The predicted molar refractivity (Wildman–Crippen MR) is 89.4 cm³/mol. The smallest absolute Gasteiger partial charge is 0.0396 e. The molecule has 0 aromatic heterocycles. The van der Waals surface area contributed by atoms with E-state index in [4.69, 9.17) is 5.73 Å². The number of benzene rings is 1. The number of hydrogen-bond acceptors (Lipinski definition) is 3. The lowest BCUT2D eigenvalue weighted by Gasteiger charge is -2.30. The molecule has 2 nitrogen and oxygen atoms in total. The molecule has 19 heavy (non-hydrogen) atoms. The molecule has 0 fully saturated rings. The molecule has 0 saturated heterocycles. The highest BCUT2D eigenvalue weighted by atomic mass is 32.2. The molecule has 3 heteroatoms. The number of hydrogen-bond donors (Lipinski definition) is 1. The Bertz CT molecular complexity index is 390. The second kappa shape index (κ2) is 7.81. The van der Waals surface area contributed by atoms with Crippen molar-refractivity contribution in [3.05, 3.63) is 29.3 Å². The quantitative estimate of drug-likeness (QED) is 0.829. The highest BCUT2D eigenvalue weighted by Crippen LogP contribution is 2.24. The fourth-order valence-electron chi connectivity index (χ4n) is 2.50. The molecule has 1 rings (SSSR count). The van der Waals surface area contributed by atoms with Crippen LogP contribution in [0.15, 0.2) is 18.2 Å². The Balaban J connectivity index is 2.88. The third-order valence-electron chi connectivity index (χ3n) is 3.58. The first-order valence-corrected chi connectivity index (χ1v) is 8.45. The largest absolute Gasteiger partial charge is 0.371 e. The minimum atomic E-state index is 0.225. The average Bonchev–Trinajstić information content (AvgIpc) is 2.34. The van der Waals surface area contributed by atoms with Gasteiger partial charge in [0.2, 0.25) is 0 Å². The molecule has 0 bridgehead atoms. The van der Waals surface area contributed by atoms with Gasteiger partial charge in [-0.05, 0) is 50.1 Å². The van der Waals surface area contributed by atoms with Crippen LogP contribution in [0, 0.1) is 6.92 Å². The van der Waals surface area contributed by atoms with E-state index in [0.29, 0.717) is 6.04 Å². The van der Waals surface area contributed by atoms with Crippen LogP contribution in [-0.4, -0.2) is 31.1 Å². The van der Waals surface area contributed by atoms with Gasteiger partial charge < -0.3 is 10.6 Å². The van der Waals surface area contributed by atoms with Crippen LogP contribution in [0.5, 0.6) is 0 Å². The zero-order valence-corrected chi connectivity index (χ0v) is 13.8. The van der Waals surface area contributed by atoms with Gasteiger partial charge in [-0.15, -0.1) is 0 Å². The summed E-state index contributed by atoms with van der Waals surface area (Å²) in [5, 5.41) is 0. The second-order valence-electron chi connectivity index (χ2n) is 5.43. The monoisotopic (exact) mass is 280 g/mol. The first-order chi connectivity index (χ1) is 8.99. The van der Waals surface area contributed by atoms with Crippen LogP contribution in [0.1, 0.15) is 31.4 Å². The van der Waals surface area contributed by atoms with E-state index in [0.717, 1.165) is 6.42 Å². The maximum Gasteiger partial charge on any atom is 0.0396 e. The summed E-state index contributed by atoms with van der Waals surface area (Å²) < 4.78 is 0. The van der Waals surface area contributed by atoms with Crippen LogP contribution in [-0.2, 0) is 6.42 Å². The van der Waals surface area contributed by atoms with Gasteiger partial charge in [0, 0.05) is 30.6 Å². The van der Waals surface area contributed by atoms with E-state index in [9.17, 15) is 0 Å². The maximum absolute atomic E-state index is 5.87. The number of nitrogens with two attached hydrogens (primary N) is 1. The summed E-state index contributed by atoms with van der Waals surface area (Å²) in [6.07, 6.45) is 4.31. The van der Waals surface area contributed by atoms with Gasteiger partial charge in [-0.3, -0.25) is 0 Å². The maximum atomic E-state index is 5.87. The first-order valence-electron chi connectivity index (χ1n) is 7.06. The molecule has 1 aromatic carbocycles. The van der Waals surface area contributed by atoms with Gasteiger partial charge in [-0.25, -0.2) is 0 Å². The van der Waals surface area contributed by atoms with Gasteiger partial charge in [0.1, 0.15) is 0 Å². The van der Waals surface area contributed by atoms with Crippen molar-refractivity contribution in [3.8, 4) is 0 Å². The molecular weight excluding hydrogens is 252 g/mol. The van der Waals surface area contributed by atoms with E-state index in [1.807, 2.05) is 11.8 Å². The highest BCUT2D eigenvalue weighted by Gasteiger charge is 2.14. The van der Waals surface area contributed by atoms with Gasteiger partial charge in [0.05, 0.1) is 0 Å². The van der Waals surface area contributed by atoms with Gasteiger partial charge in [-0.1, -0.05) is 19.1 Å². The van der Waals surface area contributed by atoms with Crippen LogP contribution in [0.2, 0.25) is 0 Å². The van der Waals surface area contributed by atoms with Gasteiger partial charge >= 0.3 is 0 Å². The van der Waals surface area contributed by atoms with Crippen molar-refractivity contribution in [3.63, 3.8) is 0 Å². The molecule has 0 radical (unpaired) electrons. The molecule has 0 aliphatic heterocycles. The van der Waals surface area contributed by atoms with Crippen molar-refractivity contribution in [2.75, 3.05) is 24.0 Å². The molecule has 2 N–H and O–H groups in total. The SMILES string of the molecule is CCC(CSC)N(C)c1ccc(CC(C)N)cc1C. The summed E-state index contributed by atoms with van der Waals surface area (Å²) in [6.45, 7) is 6.51. The fourth-order valence-corrected chi connectivity index (χ4v) is 3.35. The molecule has 2 unspecified atom stereocenters. The van der Waals surface area contributed by atoms with Crippen molar-refractivity contribution in [2.45, 2.75) is 45.7 Å². The molecule has 0 aliphatic carbocycles. The van der Waals surface area contributed by atoms with E-state index in [2.05, 4.69) is 57.2 Å². The van der Waals surface area contributed by atoms with Gasteiger partial charge in [0.15, 0.2) is 0 Å². The van der Waals surface area contributed by atoms with E-state index < -0.39 is 0 Å². The third kappa shape index (κ3) is 4.73. The van der Waals surface area contributed by atoms with Crippen LogP contribution in [0.3, 0.4) is 0 Å². The minimum absolute atomic E-state index is 0.225. The van der Waals surface area contributed by atoms with Gasteiger partial charge in [0.25, 0.3) is 0 Å². The summed E-state index contributed by atoms with van der Waals surface area (Å²) in [4.78, 5) is 2.42. The Morgan fingerprint density at radius 3 is 2.53 bits per heavy atom. The molecular formula is C16H28N2S. The zero-order valence-electron chi connectivity index (χ0n) is 12.9. The summed E-state index contributed by atoms with van der Waals surface area (Å²) in [5.41, 5.74) is 9.89. The lowest BCUT2D eigenvalue weighted by molar-refractivity contribution is 0.671. The summed E-state index contributed by atoms with van der Waals surface area (Å²) in [7, 11) is 2.21. The Hall–Kier alpha value is -0.670. The van der Waals surface area contributed by atoms with E-state index >= 15 is 0 Å². The Kier molecular flexibility index (Phi) is 6.73. The third-order valence-corrected chi connectivity index (χ3v) is 4.30. The molecule has 0 saturated carbocycles. The summed E-state index contributed by atoms with van der Waals surface area (Å²) in [5.74, 6) is 1.17. The molecule has 108 valence electrons. The normalized spacial score (nSPS) is 14.2. The number of rotatable bonds is 7. The molecule has 0 amide bonds. The molecule has 2 atom stereocenters. The van der Waals surface area contributed by atoms with Crippen LogP contribution >= 0.6 is 11.8 Å². The number of nitrogens with zero attached hydrogens (tertiary/aromatic N) is 1. The van der Waals surface area contributed by atoms with Crippen molar-refractivity contribution < 1.29 is 0 Å². The standard InChI is InChI=1S/C16H28N2S/c1-6-15(11-19-5)18(4)16-8-7-14(9-12(16)2)10-13(3)17/h7-9,13,15H,6,10-11,17H2,1-5H3. The van der Waals surface area contributed by atoms with Crippen molar-refractivity contribution in [1.29, 1.82) is 0 Å². The van der Waals surface area contributed by atoms with Crippen LogP contribution < -0.4 is 10.6 Å². The van der Waals surface area contributed by atoms with Crippen molar-refractivity contribution >= 4 is 17.4 Å². The number of thioether (sulfide) groups is 1. The summed E-state index contributed by atoms with van der Waals surface area (Å²) in [6, 6.07) is 7.57. The highest BCUT2D eigenvalue weighted by molar-refractivity contribution is 7.98. The molecule has 0 spiro atoms. The predicted octanol–water partition coefficient (Wildman–Crippen LogP) is 3.46. The van der Waals surface area contributed by atoms with E-state index in [1.54, 1.807) is 0 Å². The lowest BCUT2D eigenvalue weighted by Crippen LogP contribution is -2.33. The van der Waals surface area contributed by atoms with E-state index in [1.165, 1.54) is 29.0 Å². The Morgan fingerprint density at radius 1 is 1.37 bits per heavy atom. The fraction of sp³-hybridized carbons (Fsp3) is 0.625. The lowest BCUT2D eigenvalue weighted by atomic mass is 10.0. The molecule has 1 aromatic rings. The second-order valence-corrected chi connectivity index (χ2v) is 6.34. The Labute approximate surface area is 122 Å². The van der Waals surface area contributed by atoms with Crippen molar-refractivity contribution in [2.24, 2.45) is 5.73 Å². The van der Waals surface area contributed by atoms with Gasteiger partial charge in [-0.2, -0.15) is 11.8 Å². The molecule has 0 heterocycles. The summed E-state index contributed by atoms with van der Waals surface area (Å²) >= 11 is 1.92. The minimum Gasteiger partial charge on any atom is -0.371 e. The van der Waals surface area contributed by atoms with Crippen molar-refractivity contribution in [1.82, 2.24) is 0 Å². The zero-order chi connectivity index (χ0) is 14.4. The van der Waals surface area contributed by atoms with E-state index in [-0.39, 0.29) is 6.04 Å². The molecule has 0 aliphatic rings.